The number of pyridine rings is 1. The van der Waals surface area contributed by atoms with Crippen molar-refractivity contribution in [2.75, 3.05) is 0 Å². The van der Waals surface area contributed by atoms with Gasteiger partial charge in [-0.1, -0.05) is 6.07 Å². The zero-order valence-corrected chi connectivity index (χ0v) is 9.13. The molecule has 0 radical (unpaired) electrons. The maximum Gasteiger partial charge on any atom is 0.251 e. The lowest BCUT2D eigenvalue weighted by molar-refractivity contribution is 0.0950. The largest absolute Gasteiger partial charge is 0.508 e. The predicted octanol–water partition coefficient (Wildman–Crippen LogP) is 1.72. The van der Waals surface area contributed by atoms with Crippen LogP contribution < -0.4 is 5.32 Å². The molecule has 2 N–H and O–H groups in total. The van der Waals surface area contributed by atoms with Gasteiger partial charge in [-0.3, -0.25) is 9.78 Å². The zero-order chi connectivity index (χ0) is 12.1. The molecule has 17 heavy (non-hydrogen) atoms. The molecule has 0 fully saturated rings. The Labute approximate surface area is 98.9 Å². The lowest BCUT2D eigenvalue weighted by Gasteiger charge is -2.04. The van der Waals surface area contributed by atoms with Crippen molar-refractivity contribution in [1.82, 2.24) is 10.3 Å². The molecule has 1 aromatic carbocycles. The van der Waals surface area contributed by atoms with Crippen LogP contribution in [0.15, 0.2) is 48.7 Å². The van der Waals surface area contributed by atoms with Crippen LogP contribution in [0.4, 0.5) is 0 Å². The fraction of sp³-hybridized carbons (Fsp3) is 0.0769. The number of phenolic OH excluding ortho intramolecular Hbond substituents is 1. The van der Waals surface area contributed by atoms with Crippen molar-refractivity contribution in [1.29, 1.82) is 0 Å². The van der Waals surface area contributed by atoms with Crippen molar-refractivity contribution in [3.05, 3.63) is 59.9 Å². The number of amides is 1. The van der Waals surface area contributed by atoms with Gasteiger partial charge in [0.1, 0.15) is 5.75 Å². The summed E-state index contributed by atoms with van der Waals surface area (Å²) in [6.45, 7) is 0.389. The third-order valence-electron chi connectivity index (χ3n) is 2.29. The minimum atomic E-state index is -0.185. The second-order valence-corrected chi connectivity index (χ2v) is 3.55. The summed E-state index contributed by atoms with van der Waals surface area (Å²) in [5.41, 5.74) is 1.32. The van der Waals surface area contributed by atoms with Crippen LogP contribution in [0.3, 0.4) is 0 Å². The standard InChI is InChI=1S/C13H12N2O2/c16-12-6-4-10(5-7-12)13(17)15-9-11-3-1-2-8-14-11/h1-8,16H,9H2,(H,15,17). The summed E-state index contributed by atoms with van der Waals surface area (Å²) in [5, 5.41) is 11.9. The van der Waals surface area contributed by atoms with Gasteiger partial charge in [0.05, 0.1) is 12.2 Å². The summed E-state index contributed by atoms with van der Waals surface area (Å²) in [6.07, 6.45) is 1.68. The van der Waals surface area contributed by atoms with Crippen LogP contribution in [0.5, 0.6) is 5.75 Å². The molecule has 0 atom stereocenters. The van der Waals surface area contributed by atoms with Gasteiger partial charge in [-0.25, -0.2) is 0 Å². The predicted molar refractivity (Wildman–Crippen MR) is 63.5 cm³/mol. The van der Waals surface area contributed by atoms with Crippen LogP contribution in [0.2, 0.25) is 0 Å². The molecule has 86 valence electrons. The van der Waals surface area contributed by atoms with E-state index in [1.54, 1.807) is 18.3 Å². The molecule has 0 spiro atoms. The SMILES string of the molecule is O=C(NCc1ccccn1)c1ccc(O)cc1. The summed E-state index contributed by atoms with van der Waals surface area (Å²) in [6, 6.07) is 11.6. The maximum atomic E-state index is 11.7. The highest BCUT2D eigenvalue weighted by Crippen LogP contribution is 2.09. The minimum absolute atomic E-state index is 0.145. The Morgan fingerprint density at radius 1 is 1.18 bits per heavy atom. The first kappa shape index (κ1) is 11.1. The number of phenols is 1. The van der Waals surface area contributed by atoms with Gasteiger partial charge < -0.3 is 10.4 Å². The van der Waals surface area contributed by atoms with E-state index in [0.29, 0.717) is 12.1 Å². The molecule has 1 amide bonds. The van der Waals surface area contributed by atoms with Crippen LogP contribution in [0.1, 0.15) is 16.1 Å². The highest BCUT2D eigenvalue weighted by Gasteiger charge is 2.04. The Morgan fingerprint density at radius 2 is 1.94 bits per heavy atom. The Morgan fingerprint density at radius 3 is 2.59 bits per heavy atom. The molecule has 0 aliphatic heterocycles. The van der Waals surface area contributed by atoms with Crippen LogP contribution in [-0.4, -0.2) is 16.0 Å². The molecular formula is C13H12N2O2. The number of nitrogens with zero attached hydrogens (tertiary/aromatic N) is 1. The molecule has 2 rings (SSSR count). The van der Waals surface area contributed by atoms with E-state index >= 15 is 0 Å². The van der Waals surface area contributed by atoms with Gasteiger partial charge in [0.15, 0.2) is 0 Å². The van der Waals surface area contributed by atoms with E-state index in [-0.39, 0.29) is 11.7 Å². The molecule has 2 aromatic rings. The fourth-order valence-corrected chi connectivity index (χ4v) is 1.39. The minimum Gasteiger partial charge on any atom is -0.508 e. The normalized spacial score (nSPS) is 9.88. The number of aromatic hydroxyl groups is 1. The Balaban J connectivity index is 1.96. The number of rotatable bonds is 3. The first-order valence-corrected chi connectivity index (χ1v) is 5.23. The Bertz CT molecular complexity index is 495. The Kier molecular flexibility index (Phi) is 3.35. The number of carbonyl (C=O) groups excluding carboxylic acids is 1. The van der Waals surface area contributed by atoms with E-state index < -0.39 is 0 Å². The van der Waals surface area contributed by atoms with Crippen molar-refractivity contribution in [3.8, 4) is 5.75 Å². The zero-order valence-electron chi connectivity index (χ0n) is 9.13. The average Bonchev–Trinajstić information content (AvgIpc) is 2.38. The van der Waals surface area contributed by atoms with E-state index in [1.807, 2.05) is 18.2 Å². The van der Waals surface area contributed by atoms with E-state index in [1.165, 1.54) is 12.1 Å². The first-order valence-electron chi connectivity index (χ1n) is 5.23. The average molecular weight is 228 g/mol. The van der Waals surface area contributed by atoms with Crippen molar-refractivity contribution < 1.29 is 9.90 Å². The van der Waals surface area contributed by atoms with E-state index in [0.717, 1.165) is 5.69 Å². The van der Waals surface area contributed by atoms with Gasteiger partial charge in [0, 0.05) is 11.8 Å². The van der Waals surface area contributed by atoms with Crippen molar-refractivity contribution in [3.63, 3.8) is 0 Å². The first-order chi connectivity index (χ1) is 8.25. The van der Waals surface area contributed by atoms with E-state index in [2.05, 4.69) is 10.3 Å². The quantitative estimate of drug-likeness (QED) is 0.840. The van der Waals surface area contributed by atoms with Gasteiger partial charge in [-0.05, 0) is 36.4 Å². The van der Waals surface area contributed by atoms with Gasteiger partial charge in [-0.15, -0.1) is 0 Å². The van der Waals surface area contributed by atoms with Gasteiger partial charge >= 0.3 is 0 Å². The second-order valence-electron chi connectivity index (χ2n) is 3.55. The molecular weight excluding hydrogens is 216 g/mol. The molecule has 0 saturated heterocycles. The number of aromatic nitrogens is 1. The number of benzene rings is 1. The highest BCUT2D eigenvalue weighted by molar-refractivity contribution is 5.94. The monoisotopic (exact) mass is 228 g/mol. The summed E-state index contributed by atoms with van der Waals surface area (Å²) in [4.78, 5) is 15.8. The maximum absolute atomic E-state index is 11.7. The summed E-state index contributed by atoms with van der Waals surface area (Å²) >= 11 is 0. The van der Waals surface area contributed by atoms with Crippen molar-refractivity contribution >= 4 is 5.91 Å². The van der Waals surface area contributed by atoms with Crippen LogP contribution >= 0.6 is 0 Å². The molecule has 1 aromatic heterocycles. The smallest absolute Gasteiger partial charge is 0.251 e. The number of nitrogens with one attached hydrogen (secondary N) is 1. The van der Waals surface area contributed by atoms with Crippen LogP contribution in [-0.2, 0) is 6.54 Å². The number of hydrogen-bond donors (Lipinski definition) is 2. The third-order valence-corrected chi connectivity index (χ3v) is 2.29. The lowest BCUT2D eigenvalue weighted by atomic mass is 10.2. The summed E-state index contributed by atoms with van der Waals surface area (Å²) < 4.78 is 0. The Hall–Kier alpha value is -2.36. The van der Waals surface area contributed by atoms with Crippen molar-refractivity contribution in [2.24, 2.45) is 0 Å². The van der Waals surface area contributed by atoms with Gasteiger partial charge in [0.2, 0.25) is 0 Å². The fourth-order valence-electron chi connectivity index (χ4n) is 1.39. The van der Waals surface area contributed by atoms with Gasteiger partial charge in [0.25, 0.3) is 5.91 Å². The van der Waals surface area contributed by atoms with Crippen LogP contribution in [0, 0.1) is 0 Å². The molecule has 4 heteroatoms. The molecule has 0 unspecified atom stereocenters. The molecule has 0 bridgehead atoms. The van der Waals surface area contributed by atoms with Gasteiger partial charge in [-0.2, -0.15) is 0 Å². The van der Waals surface area contributed by atoms with E-state index in [4.69, 9.17) is 5.11 Å². The third kappa shape index (κ3) is 3.04. The molecule has 1 heterocycles. The van der Waals surface area contributed by atoms with E-state index in [9.17, 15) is 4.79 Å². The number of carbonyl (C=O) groups is 1. The highest BCUT2D eigenvalue weighted by atomic mass is 16.3. The molecule has 0 aliphatic rings. The second kappa shape index (κ2) is 5.12. The number of hydrogen-bond acceptors (Lipinski definition) is 3. The molecule has 0 saturated carbocycles. The van der Waals surface area contributed by atoms with Crippen molar-refractivity contribution in [2.45, 2.75) is 6.54 Å². The molecule has 4 nitrogen and oxygen atoms in total. The topological polar surface area (TPSA) is 62.2 Å². The summed E-state index contributed by atoms with van der Waals surface area (Å²) in [7, 11) is 0. The lowest BCUT2D eigenvalue weighted by Crippen LogP contribution is -2.23. The summed E-state index contributed by atoms with van der Waals surface area (Å²) in [5.74, 6) is -0.0399. The van der Waals surface area contributed by atoms with Crippen LogP contribution in [0.25, 0.3) is 0 Å². The molecule has 0 aliphatic carbocycles.